The van der Waals surface area contributed by atoms with Gasteiger partial charge in [0.25, 0.3) is 5.56 Å². The molecule has 0 N–H and O–H groups in total. The molecule has 0 aliphatic rings. The van der Waals surface area contributed by atoms with Crippen LogP contribution in [-0.2, 0) is 6.54 Å². The van der Waals surface area contributed by atoms with E-state index in [-0.39, 0.29) is 5.56 Å². The summed E-state index contributed by atoms with van der Waals surface area (Å²) in [6.07, 6.45) is 0. The molecule has 2 rings (SSSR count). The highest BCUT2D eigenvalue weighted by Gasteiger charge is 2.10. The Balaban J connectivity index is 2.25. The summed E-state index contributed by atoms with van der Waals surface area (Å²) in [5.41, 5.74) is 0.149. The van der Waals surface area contributed by atoms with Gasteiger partial charge in [0.15, 0.2) is 0 Å². The van der Waals surface area contributed by atoms with Crippen LogP contribution >= 0.6 is 11.5 Å². The zero-order valence-electron chi connectivity index (χ0n) is 10.5. The van der Waals surface area contributed by atoms with E-state index < -0.39 is 0 Å². The molecule has 0 bridgehead atoms. The largest absolute Gasteiger partial charge is 0.309 e. The number of aromatic nitrogens is 1. The maximum atomic E-state index is 12.1. The minimum atomic E-state index is 0.149. The summed E-state index contributed by atoms with van der Waals surface area (Å²) in [7, 11) is 4.12. The quantitative estimate of drug-likeness (QED) is 0.831. The molecule has 3 nitrogen and oxygen atoms in total. The third-order valence-corrected chi connectivity index (χ3v) is 3.79. The zero-order valence-corrected chi connectivity index (χ0v) is 11.3. The van der Waals surface area contributed by atoms with Gasteiger partial charge in [-0.15, -0.1) is 0 Å². The van der Waals surface area contributed by atoms with Gasteiger partial charge in [-0.3, -0.25) is 8.75 Å². The first-order valence-electron chi connectivity index (χ1n) is 5.81. The fourth-order valence-electron chi connectivity index (χ4n) is 2.10. The summed E-state index contributed by atoms with van der Waals surface area (Å²) < 4.78 is 2.95. The molecule has 1 aromatic carbocycles. The fourth-order valence-corrected chi connectivity index (χ4v) is 3.24. The molecule has 1 atom stereocenters. The average Bonchev–Trinajstić information content (AvgIpc) is 2.55. The average molecular weight is 250 g/mol. The lowest BCUT2D eigenvalue weighted by Gasteiger charge is -2.16. The van der Waals surface area contributed by atoms with Crippen LogP contribution in [0.25, 0.3) is 10.1 Å². The second-order valence-electron chi connectivity index (χ2n) is 4.82. The number of benzene rings is 1. The van der Waals surface area contributed by atoms with E-state index in [9.17, 15) is 4.79 Å². The van der Waals surface area contributed by atoms with E-state index in [0.29, 0.717) is 5.92 Å². The van der Waals surface area contributed by atoms with Crippen molar-refractivity contribution in [2.45, 2.75) is 13.5 Å². The molecule has 92 valence electrons. The van der Waals surface area contributed by atoms with Gasteiger partial charge in [-0.25, -0.2) is 0 Å². The first kappa shape index (κ1) is 12.3. The van der Waals surface area contributed by atoms with E-state index >= 15 is 0 Å². The van der Waals surface area contributed by atoms with E-state index in [4.69, 9.17) is 0 Å². The third kappa shape index (κ3) is 2.76. The van der Waals surface area contributed by atoms with Crippen LogP contribution in [-0.4, -0.2) is 29.5 Å². The monoisotopic (exact) mass is 250 g/mol. The van der Waals surface area contributed by atoms with Crippen LogP contribution in [0.1, 0.15) is 6.92 Å². The zero-order chi connectivity index (χ0) is 12.4. The lowest BCUT2D eigenvalue weighted by Crippen LogP contribution is -2.25. The summed E-state index contributed by atoms with van der Waals surface area (Å²) >= 11 is 1.56. The predicted molar refractivity (Wildman–Crippen MR) is 73.8 cm³/mol. The van der Waals surface area contributed by atoms with Crippen LogP contribution in [0.3, 0.4) is 0 Å². The van der Waals surface area contributed by atoms with Crippen molar-refractivity contribution in [3.63, 3.8) is 0 Å². The fraction of sp³-hybridized carbons (Fsp3) is 0.462. The minimum Gasteiger partial charge on any atom is -0.309 e. The molecule has 0 saturated carbocycles. The topological polar surface area (TPSA) is 25.2 Å². The normalized spacial score (nSPS) is 13.4. The van der Waals surface area contributed by atoms with E-state index in [1.807, 2.05) is 28.2 Å². The van der Waals surface area contributed by atoms with Crippen LogP contribution in [0.5, 0.6) is 0 Å². The maximum Gasteiger partial charge on any atom is 0.268 e. The Labute approximate surface area is 105 Å². The second kappa shape index (κ2) is 5.02. The molecule has 0 amide bonds. The van der Waals surface area contributed by atoms with Gasteiger partial charge in [0.05, 0.1) is 10.1 Å². The number of fused-ring (bicyclic) bond motifs is 1. The van der Waals surface area contributed by atoms with Gasteiger partial charge in [0.2, 0.25) is 0 Å². The standard InChI is InChI=1S/C13H18N2OS/c1-10(8-14(2)3)9-15-13(16)11-6-4-5-7-12(11)17-15/h4-7,10H,8-9H2,1-3H3/t10-/m0/s1. The van der Waals surface area contributed by atoms with Gasteiger partial charge in [0, 0.05) is 13.1 Å². The molecule has 1 aromatic heterocycles. The molecule has 2 aromatic rings. The van der Waals surface area contributed by atoms with Crippen molar-refractivity contribution < 1.29 is 0 Å². The number of hydrogen-bond donors (Lipinski definition) is 0. The summed E-state index contributed by atoms with van der Waals surface area (Å²) in [5.74, 6) is 0.482. The summed E-state index contributed by atoms with van der Waals surface area (Å²) in [4.78, 5) is 14.3. The van der Waals surface area contributed by atoms with Crippen molar-refractivity contribution in [1.29, 1.82) is 0 Å². The van der Waals surface area contributed by atoms with Crippen LogP contribution in [0, 0.1) is 5.92 Å². The Morgan fingerprint density at radius 3 is 2.71 bits per heavy atom. The first-order chi connectivity index (χ1) is 8.08. The van der Waals surface area contributed by atoms with Crippen LogP contribution < -0.4 is 5.56 Å². The molecule has 0 spiro atoms. The van der Waals surface area contributed by atoms with E-state index in [1.54, 1.807) is 11.5 Å². The van der Waals surface area contributed by atoms with Crippen molar-refractivity contribution in [3.05, 3.63) is 34.6 Å². The van der Waals surface area contributed by atoms with Crippen LogP contribution in [0.15, 0.2) is 29.1 Å². The van der Waals surface area contributed by atoms with Crippen LogP contribution in [0.2, 0.25) is 0 Å². The highest BCUT2D eigenvalue weighted by molar-refractivity contribution is 7.13. The van der Waals surface area contributed by atoms with Crippen molar-refractivity contribution in [2.24, 2.45) is 5.92 Å². The number of rotatable bonds is 4. The molecular formula is C13H18N2OS. The highest BCUT2D eigenvalue weighted by atomic mass is 32.1. The molecule has 0 radical (unpaired) electrons. The second-order valence-corrected chi connectivity index (χ2v) is 5.88. The predicted octanol–water partition coefficient (Wildman–Crippen LogP) is 2.26. The van der Waals surface area contributed by atoms with Gasteiger partial charge in [-0.05, 0) is 32.1 Å². The lowest BCUT2D eigenvalue weighted by atomic mass is 10.2. The molecule has 4 heteroatoms. The lowest BCUT2D eigenvalue weighted by molar-refractivity contribution is 0.319. The molecule has 17 heavy (non-hydrogen) atoms. The Hall–Kier alpha value is -1.13. The smallest absolute Gasteiger partial charge is 0.268 e. The van der Waals surface area contributed by atoms with E-state index in [1.165, 1.54) is 0 Å². The molecule has 0 aliphatic heterocycles. The Morgan fingerprint density at radius 1 is 1.35 bits per heavy atom. The summed E-state index contributed by atoms with van der Waals surface area (Å²) in [6.45, 7) is 3.98. The Morgan fingerprint density at radius 2 is 2.06 bits per heavy atom. The molecule has 0 saturated heterocycles. The number of hydrogen-bond acceptors (Lipinski definition) is 3. The molecule has 0 aliphatic carbocycles. The van der Waals surface area contributed by atoms with Gasteiger partial charge in [0.1, 0.15) is 0 Å². The molecular weight excluding hydrogens is 232 g/mol. The number of nitrogens with zero attached hydrogens (tertiary/aromatic N) is 2. The molecule has 1 heterocycles. The minimum absolute atomic E-state index is 0.149. The van der Waals surface area contributed by atoms with Gasteiger partial charge in [-0.2, -0.15) is 0 Å². The first-order valence-corrected chi connectivity index (χ1v) is 6.59. The summed E-state index contributed by atoms with van der Waals surface area (Å²) in [5, 5.41) is 0.842. The van der Waals surface area contributed by atoms with E-state index in [2.05, 4.69) is 25.9 Å². The van der Waals surface area contributed by atoms with Crippen LogP contribution in [0.4, 0.5) is 0 Å². The third-order valence-electron chi connectivity index (χ3n) is 2.71. The van der Waals surface area contributed by atoms with E-state index in [0.717, 1.165) is 23.2 Å². The molecule has 0 unspecified atom stereocenters. The summed E-state index contributed by atoms with van der Waals surface area (Å²) in [6, 6.07) is 7.81. The SMILES string of the molecule is C[C@@H](CN(C)C)Cn1sc2ccccc2c1=O. The van der Waals surface area contributed by atoms with Crippen molar-refractivity contribution in [2.75, 3.05) is 20.6 Å². The Bertz CT molecular complexity index is 556. The van der Waals surface area contributed by atoms with Crippen molar-refractivity contribution in [3.8, 4) is 0 Å². The van der Waals surface area contributed by atoms with Crippen molar-refractivity contribution >= 4 is 21.6 Å². The van der Waals surface area contributed by atoms with Gasteiger partial charge in [-0.1, -0.05) is 30.6 Å². The highest BCUT2D eigenvalue weighted by Crippen LogP contribution is 2.17. The molecule has 0 fully saturated rings. The maximum absolute atomic E-state index is 12.1. The van der Waals surface area contributed by atoms with Gasteiger partial charge < -0.3 is 4.90 Å². The van der Waals surface area contributed by atoms with Gasteiger partial charge >= 0.3 is 0 Å². The van der Waals surface area contributed by atoms with Crippen molar-refractivity contribution in [1.82, 2.24) is 8.86 Å². The Kier molecular flexibility index (Phi) is 3.64.